The van der Waals surface area contributed by atoms with E-state index in [4.69, 9.17) is 0 Å². The molecule has 0 saturated carbocycles. The maximum atomic E-state index is 12.6. The summed E-state index contributed by atoms with van der Waals surface area (Å²) >= 11 is 0. The maximum absolute atomic E-state index is 12.6. The van der Waals surface area contributed by atoms with Crippen molar-refractivity contribution in [3.63, 3.8) is 0 Å². The number of nitrogens with one attached hydrogen (secondary N) is 3. The van der Waals surface area contributed by atoms with Crippen LogP contribution in [-0.2, 0) is 9.59 Å². The normalized spacial score (nSPS) is 12.8. The SMILES string of the molecule is CCC(C)c1ccccc1NC(=O)C(C)Nc1ccc(NC(C)=O)cc1. The van der Waals surface area contributed by atoms with Gasteiger partial charge in [0.25, 0.3) is 0 Å². The van der Waals surface area contributed by atoms with Crippen LogP contribution in [0.5, 0.6) is 0 Å². The first-order valence-corrected chi connectivity index (χ1v) is 8.94. The highest BCUT2D eigenvalue weighted by atomic mass is 16.2. The minimum absolute atomic E-state index is 0.0910. The highest BCUT2D eigenvalue weighted by Crippen LogP contribution is 2.26. The largest absolute Gasteiger partial charge is 0.374 e. The highest BCUT2D eigenvalue weighted by molar-refractivity contribution is 5.97. The molecule has 2 rings (SSSR count). The van der Waals surface area contributed by atoms with Crippen LogP contribution in [0.2, 0.25) is 0 Å². The lowest BCUT2D eigenvalue weighted by Crippen LogP contribution is -2.32. The summed E-state index contributed by atoms with van der Waals surface area (Å²) in [4.78, 5) is 23.6. The van der Waals surface area contributed by atoms with Gasteiger partial charge in [0, 0.05) is 24.0 Å². The Kier molecular flexibility index (Phi) is 6.78. The first-order chi connectivity index (χ1) is 12.4. The first-order valence-electron chi connectivity index (χ1n) is 8.94. The van der Waals surface area contributed by atoms with Crippen molar-refractivity contribution in [2.75, 3.05) is 16.0 Å². The Bertz CT molecular complexity index is 756. The molecule has 0 aliphatic carbocycles. The van der Waals surface area contributed by atoms with E-state index in [9.17, 15) is 9.59 Å². The van der Waals surface area contributed by atoms with Gasteiger partial charge in [0.05, 0.1) is 0 Å². The topological polar surface area (TPSA) is 70.2 Å². The van der Waals surface area contributed by atoms with Crippen LogP contribution in [0.25, 0.3) is 0 Å². The van der Waals surface area contributed by atoms with Gasteiger partial charge in [-0.3, -0.25) is 9.59 Å². The third-order valence-electron chi connectivity index (χ3n) is 4.34. The molecule has 0 fully saturated rings. The molecule has 0 heterocycles. The van der Waals surface area contributed by atoms with Gasteiger partial charge in [-0.25, -0.2) is 0 Å². The third-order valence-corrected chi connectivity index (χ3v) is 4.34. The Labute approximate surface area is 155 Å². The van der Waals surface area contributed by atoms with Gasteiger partial charge >= 0.3 is 0 Å². The first kappa shape index (κ1) is 19.5. The Morgan fingerprint density at radius 1 is 0.923 bits per heavy atom. The minimum Gasteiger partial charge on any atom is -0.374 e. The van der Waals surface area contributed by atoms with Crippen molar-refractivity contribution >= 4 is 28.9 Å². The minimum atomic E-state index is -0.397. The van der Waals surface area contributed by atoms with E-state index in [1.165, 1.54) is 6.92 Å². The van der Waals surface area contributed by atoms with Gasteiger partial charge < -0.3 is 16.0 Å². The summed E-state index contributed by atoms with van der Waals surface area (Å²) in [5.41, 5.74) is 3.55. The number of benzene rings is 2. The van der Waals surface area contributed by atoms with E-state index in [-0.39, 0.29) is 11.8 Å². The second-order valence-corrected chi connectivity index (χ2v) is 6.51. The molecule has 2 atom stereocenters. The number of rotatable bonds is 7. The fraction of sp³-hybridized carbons (Fsp3) is 0.333. The van der Waals surface area contributed by atoms with E-state index < -0.39 is 6.04 Å². The predicted octanol–water partition coefficient (Wildman–Crippen LogP) is 4.60. The number of anilines is 3. The summed E-state index contributed by atoms with van der Waals surface area (Å²) < 4.78 is 0. The molecule has 0 aliphatic heterocycles. The summed E-state index contributed by atoms with van der Waals surface area (Å²) in [7, 11) is 0. The number of hydrogen-bond donors (Lipinski definition) is 3. The van der Waals surface area contributed by atoms with Crippen LogP contribution in [0.3, 0.4) is 0 Å². The van der Waals surface area contributed by atoms with Gasteiger partial charge in [-0.05, 0) is 55.2 Å². The van der Waals surface area contributed by atoms with E-state index in [1.54, 1.807) is 12.1 Å². The number of amides is 2. The van der Waals surface area contributed by atoms with Crippen LogP contribution >= 0.6 is 0 Å². The van der Waals surface area contributed by atoms with Crippen LogP contribution < -0.4 is 16.0 Å². The number of para-hydroxylation sites is 1. The zero-order valence-corrected chi connectivity index (χ0v) is 15.8. The average Bonchev–Trinajstić information content (AvgIpc) is 2.62. The van der Waals surface area contributed by atoms with Crippen molar-refractivity contribution in [3.05, 3.63) is 54.1 Å². The predicted molar refractivity (Wildman–Crippen MR) is 108 cm³/mol. The quantitative estimate of drug-likeness (QED) is 0.681. The summed E-state index contributed by atoms with van der Waals surface area (Å²) in [6.07, 6.45) is 1.02. The summed E-state index contributed by atoms with van der Waals surface area (Å²) in [5, 5.41) is 8.92. The highest BCUT2D eigenvalue weighted by Gasteiger charge is 2.16. The number of carbonyl (C=O) groups excluding carboxylic acids is 2. The average molecular weight is 353 g/mol. The van der Waals surface area contributed by atoms with Gasteiger partial charge in [-0.15, -0.1) is 0 Å². The molecular formula is C21H27N3O2. The molecule has 0 radical (unpaired) electrons. The lowest BCUT2D eigenvalue weighted by atomic mass is 9.97. The van der Waals surface area contributed by atoms with Crippen LogP contribution in [0.1, 0.15) is 45.6 Å². The van der Waals surface area contributed by atoms with E-state index in [0.29, 0.717) is 5.92 Å². The lowest BCUT2D eigenvalue weighted by Gasteiger charge is -2.19. The Hall–Kier alpha value is -2.82. The van der Waals surface area contributed by atoms with Crippen molar-refractivity contribution in [2.24, 2.45) is 0 Å². The van der Waals surface area contributed by atoms with E-state index in [0.717, 1.165) is 29.0 Å². The molecule has 2 aromatic rings. The molecule has 5 nitrogen and oxygen atoms in total. The molecule has 2 aromatic carbocycles. The zero-order valence-electron chi connectivity index (χ0n) is 15.8. The van der Waals surface area contributed by atoms with Gasteiger partial charge in [0.1, 0.15) is 6.04 Å². The van der Waals surface area contributed by atoms with Crippen molar-refractivity contribution in [2.45, 2.75) is 46.1 Å². The standard InChI is InChI=1S/C21H27N3O2/c1-5-14(2)19-8-6-7-9-20(19)24-21(26)15(3)22-17-10-12-18(13-11-17)23-16(4)25/h6-15,22H,5H2,1-4H3,(H,23,25)(H,24,26). The summed E-state index contributed by atoms with van der Waals surface area (Å²) in [5.74, 6) is 0.182. The summed E-state index contributed by atoms with van der Waals surface area (Å²) in [6, 6.07) is 14.8. The molecule has 26 heavy (non-hydrogen) atoms. The fourth-order valence-electron chi connectivity index (χ4n) is 2.67. The number of carbonyl (C=O) groups is 2. The van der Waals surface area contributed by atoms with Gasteiger partial charge in [0.2, 0.25) is 11.8 Å². The van der Waals surface area contributed by atoms with Crippen molar-refractivity contribution in [3.8, 4) is 0 Å². The van der Waals surface area contributed by atoms with E-state index in [1.807, 2.05) is 37.3 Å². The van der Waals surface area contributed by atoms with E-state index in [2.05, 4.69) is 35.9 Å². The molecule has 0 saturated heterocycles. The molecule has 2 amide bonds. The van der Waals surface area contributed by atoms with Gasteiger partial charge in [-0.2, -0.15) is 0 Å². The lowest BCUT2D eigenvalue weighted by molar-refractivity contribution is -0.116. The third kappa shape index (κ3) is 5.34. The summed E-state index contributed by atoms with van der Waals surface area (Å²) in [6.45, 7) is 7.58. The molecular weight excluding hydrogens is 326 g/mol. The molecule has 2 unspecified atom stereocenters. The van der Waals surface area contributed by atoms with Crippen molar-refractivity contribution < 1.29 is 9.59 Å². The molecule has 0 aliphatic rings. The Morgan fingerprint density at radius 3 is 2.15 bits per heavy atom. The Morgan fingerprint density at radius 2 is 1.54 bits per heavy atom. The molecule has 0 spiro atoms. The fourth-order valence-corrected chi connectivity index (χ4v) is 2.67. The van der Waals surface area contributed by atoms with E-state index >= 15 is 0 Å². The monoisotopic (exact) mass is 353 g/mol. The van der Waals surface area contributed by atoms with Crippen LogP contribution in [0.4, 0.5) is 17.1 Å². The molecule has 138 valence electrons. The second kappa shape index (κ2) is 9.04. The van der Waals surface area contributed by atoms with Crippen molar-refractivity contribution in [1.82, 2.24) is 0 Å². The second-order valence-electron chi connectivity index (χ2n) is 6.51. The smallest absolute Gasteiger partial charge is 0.246 e. The van der Waals surface area contributed by atoms with Crippen LogP contribution in [0.15, 0.2) is 48.5 Å². The maximum Gasteiger partial charge on any atom is 0.246 e. The van der Waals surface area contributed by atoms with Crippen LogP contribution in [-0.4, -0.2) is 17.9 Å². The van der Waals surface area contributed by atoms with Gasteiger partial charge in [-0.1, -0.05) is 32.0 Å². The molecule has 5 heteroatoms. The van der Waals surface area contributed by atoms with Gasteiger partial charge in [0.15, 0.2) is 0 Å². The molecule has 0 aromatic heterocycles. The zero-order chi connectivity index (χ0) is 19.1. The van der Waals surface area contributed by atoms with Crippen molar-refractivity contribution in [1.29, 1.82) is 0 Å². The van der Waals surface area contributed by atoms with Crippen LogP contribution in [0, 0.1) is 0 Å². The number of hydrogen-bond acceptors (Lipinski definition) is 3. The molecule has 0 bridgehead atoms. The Balaban J connectivity index is 2.01. The molecule has 3 N–H and O–H groups in total.